The second-order valence-electron chi connectivity index (χ2n) is 8.18. The summed E-state index contributed by atoms with van der Waals surface area (Å²) in [5.41, 5.74) is 0.457. The Balaban J connectivity index is 1.54. The van der Waals surface area contributed by atoms with Gasteiger partial charge in [0.1, 0.15) is 22.9 Å². The van der Waals surface area contributed by atoms with Gasteiger partial charge in [0.05, 0.1) is 31.5 Å². The average Bonchev–Trinajstić information content (AvgIpc) is 2.84. The van der Waals surface area contributed by atoms with E-state index in [0.29, 0.717) is 47.5 Å². The number of nitrogens with one attached hydrogen (secondary N) is 1. The number of anilines is 2. The minimum atomic E-state index is -5.02. The highest BCUT2D eigenvalue weighted by molar-refractivity contribution is 7.86. The zero-order valence-corrected chi connectivity index (χ0v) is 19.8. The molecule has 0 amide bonds. The molecule has 0 bridgehead atoms. The van der Waals surface area contributed by atoms with Crippen molar-refractivity contribution in [3.8, 4) is 23.8 Å². The summed E-state index contributed by atoms with van der Waals surface area (Å²) in [6, 6.07) is 6.10. The Morgan fingerprint density at radius 1 is 1.20 bits per heavy atom. The fraction of sp³-hybridized carbons (Fsp3) is 0.333. The van der Waals surface area contributed by atoms with Crippen molar-refractivity contribution in [2.24, 2.45) is 5.92 Å². The maximum absolute atomic E-state index is 14.4. The van der Waals surface area contributed by atoms with Gasteiger partial charge in [-0.2, -0.15) is 8.42 Å². The molecule has 0 atom stereocenters. The zero-order valence-electron chi connectivity index (χ0n) is 19.0. The first-order valence-electron chi connectivity index (χ1n) is 10.9. The van der Waals surface area contributed by atoms with E-state index < -0.39 is 20.9 Å². The maximum Gasteiger partial charge on any atom is 0.332 e. The van der Waals surface area contributed by atoms with Crippen molar-refractivity contribution < 1.29 is 26.2 Å². The van der Waals surface area contributed by atoms with E-state index in [9.17, 15) is 16.7 Å². The highest BCUT2D eigenvalue weighted by Gasteiger charge is 2.21. The van der Waals surface area contributed by atoms with Crippen LogP contribution in [0.15, 0.2) is 41.6 Å². The molecule has 8 nitrogen and oxygen atoms in total. The Bertz CT molecular complexity index is 1370. The van der Waals surface area contributed by atoms with Crippen LogP contribution in [0, 0.1) is 24.1 Å². The summed E-state index contributed by atoms with van der Waals surface area (Å²) in [6.07, 6.45) is 8.67. The maximum atomic E-state index is 14.4. The number of aromatic nitrogens is 2. The Morgan fingerprint density at radius 3 is 2.63 bits per heavy atom. The fourth-order valence-corrected chi connectivity index (χ4v) is 4.44. The number of piperidine rings is 1. The quantitative estimate of drug-likeness (QED) is 0.366. The molecule has 0 unspecified atom stereocenters. The Labute approximate surface area is 202 Å². The van der Waals surface area contributed by atoms with Gasteiger partial charge in [0, 0.05) is 11.5 Å². The molecule has 1 aromatic heterocycles. The molecule has 35 heavy (non-hydrogen) atoms. The molecular weight excluding hydrogens is 478 g/mol. The largest absolute Gasteiger partial charge is 0.493 e. The van der Waals surface area contributed by atoms with E-state index in [1.165, 1.54) is 13.4 Å². The number of ether oxygens (including phenoxy) is 2. The standard InChI is InChI=1S/C24H24F2N4O4S/c1-3-8-30-9-6-16(7-10-30)14-34-23-13-21-18(12-22(23)33-2)24(28-15-27-21)29-20-5-4-17(11-19(20)25)35(26,31)32/h1,4-5,11-13,15-16H,6-10,14H2,2H3,(H,27,28,29). The number of likely N-dealkylation sites (tertiary alicyclic amines) is 1. The van der Waals surface area contributed by atoms with Crippen molar-refractivity contribution in [1.82, 2.24) is 14.9 Å². The van der Waals surface area contributed by atoms with Gasteiger partial charge in [-0.15, -0.1) is 10.3 Å². The van der Waals surface area contributed by atoms with Gasteiger partial charge in [-0.25, -0.2) is 14.4 Å². The van der Waals surface area contributed by atoms with Crippen LogP contribution < -0.4 is 14.8 Å². The molecule has 1 aliphatic rings. The highest BCUT2D eigenvalue weighted by Crippen LogP contribution is 2.36. The number of terminal acetylenes is 1. The first-order chi connectivity index (χ1) is 16.8. The normalized spacial score (nSPS) is 15.0. The molecule has 1 fully saturated rings. The van der Waals surface area contributed by atoms with Crippen LogP contribution in [0.25, 0.3) is 10.9 Å². The molecule has 11 heteroatoms. The van der Waals surface area contributed by atoms with E-state index in [1.807, 2.05) is 0 Å². The Kier molecular flexibility index (Phi) is 7.33. The number of rotatable bonds is 8. The minimum Gasteiger partial charge on any atom is -0.493 e. The van der Waals surface area contributed by atoms with Crippen molar-refractivity contribution >= 4 is 32.6 Å². The monoisotopic (exact) mass is 502 g/mol. The molecule has 1 N–H and O–H groups in total. The lowest BCUT2D eigenvalue weighted by Gasteiger charge is -2.30. The summed E-state index contributed by atoms with van der Waals surface area (Å²) < 4.78 is 61.2. The van der Waals surface area contributed by atoms with Gasteiger partial charge in [0.2, 0.25) is 0 Å². The number of hydrogen-bond donors (Lipinski definition) is 1. The van der Waals surface area contributed by atoms with E-state index in [0.717, 1.165) is 38.1 Å². The molecule has 1 aliphatic heterocycles. The summed E-state index contributed by atoms with van der Waals surface area (Å²) in [7, 11) is -3.50. The molecule has 3 aromatic rings. The van der Waals surface area contributed by atoms with E-state index >= 15 is 0 Å². The van der Waals surface area contributed by atoms with Crippen molar-refractivity contribution in [1.29, 1.82) is 0 Å². The number of hydrogen-bond acceptors (Lipinski definition) is 8. The van der Waals surface area contributed by atoms with Gasteiger partial charge in [0.25, 0.3) is 0 Å². The van der Waals surface area contributed by atoms with Gasteiger partial charge in [0.15, 0.2) is 11.5 Å². The van der Waals surface area contributed by atoms with Gasteiger partial charge in [-0.3, -0.25) is 4.90 Å². The van der Waals surface area contributed by atoms with E-state index in [2.05, 4.69) is 26.1 Å². The summed E-state index contributed by atoms with van der Waals surface area (Å²) in [4.78, 5) is 9.92. The number of benzene rings is 2. The van der Waals surface area contributed by atoms with Crippen molar-refractivity contribution in [2.75, 3.05) is 38.7 Å². The molecule has 0 spiro atoms. The lowest BCUT2D eigenvalue weighted by Crippen LogP contribution is -2.35. The number of halogens is 2. The van der Waals surface area contributed by atoms with Crippen LogP contribution in [0.1, 0.15) is 12.8 Å². The third-order valence-corrected chi connectivity index (χ3v) is 6.71. The summed E-state index contributed by atoms with van der Waals surface area (Å²) in [6.45, 7) is 3.05. The van der Waals surface area contributed by atoms with Gasteiger partial charge in [-0.1, -0.05) is 5.92 Å². The van der Waals surface area contributed by atoms with E-state index in [-0.39, 0.29) is 11.5 Å². The van der Waals surface area contributed by atoms with Crippen LogP contribution in [-0.4, -0.2) is 56.6 Å². The van der Waals surface area contributed by atoms with E-state index in [4.69, 9.17) is 15.9 Å². The number of methoxy groups -OCH3 is 1. The van der Waals surface area contributed by atoms with Crippen molar-refractivity contribution in [2.45, 2.75) is 17.7 Å². The van der Waals surface area contributed by atoms with Crippen LogP contribution in [0.4, 0.5) is 19.8 Å². The second-order valence-corrected chi connectivity index (χ2v) is 9.53. The third-order valence-electron chi connectivity index (χ3n) is 5.89. The molecular formula is C24H24F2N4O4S. The highest BCUT2D eigenvalue weighted by atomic mass is 32.3. The van der Waals surface area contributed by atoms with Crippen LogP contribution >= 0.6 is 0 Å². The lowest BCUT2D eigenvalue weighted by molar-refractivity contribution is 0.149. The summed E-state index contributed by atoms with van der Waals surface area (Å²) >= 11 is 0. The number of fused-ring (bicyclic) bond motifs is 1. The predicted octanol–water partition coefficient (Wildman–Crippen LogP) is 3.90. The van der Waals surface area contributed by atoms with Crippen LogP contribution in [0.3, 0.4) is 0 Å². The van der Waals surface area contributed by atoms with Gasteiger partial charge >= 0.3 is 10.2 Å². The third kappa shape index (κ3) is 5.78. The fourth-order valence-electron chi connectivity index (χ4n) is 3.96. The predicted molar refractivity (Wildman–Crippen MR) is 128 cm³/mol. The minimum absolute atomic E-state index is 0.0760. The van der Waals surface area contributed by atoms with Crippen molar-refractivity contribution in [3.63, 3.8) is 0 Å². The van der Waals surface area contributed by atoms with Crippen LogP contribution in [-0.2, 0) is 10.2 Å². The molecule has 4 rings (SSSR count). The first kappa shape index (κ1) is 24.6. The molecule has 184 valence electrons. The molecule has 1 saturated heterocycles. The summed E-state index contributed by atoms with van der Waals surface area (Å²) in [5.74, 6) is 3.37. The summed E-state index contributed by atoms with van der Waals surface area (Å²) in [5, 5.41) is 3.33. The molecule has 2 aromatic carbocycles. The SMILES string of the molecule is C#CCN1CCC(COc2cc3ncnc(Nc4ccc(S(=O)(=O)F)cc4F)c3cc2OC)CC1. The molecule has 0 radical (unpaired) electrons. The molecule has 0 saturated carbocycles. The first-order valence-corrected chi connectivity index (χ1v) is 12.3. The number of nitrogens with zero attached hydrogens (tertiary/aromatic N) is 3. The van der Waals surface area contributed by atoms with Gasteiger partial charge < -0.3 is 14.8 Å². The van der Waals surface area contributed by atoms with Crippen LogP contribution in [0.2, 0.25) is 0 Å². The van der Waals surface area contributed by atoms with E-state index in [1.54, 1.807) is 12.1 Å². The Hall–Kier alpha value is -3.49. The average molecular weight is 503 g/mol. The Morgan fingerprint density at radius 2 is 1.97 bits per heavy atom. The zero-order chi connectivity index (χ0) is 25.0. The molecule has 2 heterocycles. The lowest BCUT2D eigenvalue weighted by atomic mass is 9.98. The topological polar surface area (TPSA) is 93.6 Å². The van der Waals surface area contributed by atoms with Crippen molar-refractivity contribution in [3.05, 3.63) is 42.5 Å². The smallest absolute Gasteiger partial charge is 0.332 e. The van der Waals surface area contributed by atoms with Gasteiger partial charge in [-0.05, 0) is 56.1 Å². The second kappa shape index (κ2) is 10.4. The van der Waals surface area contributed by atoms with Crippen LogP contribution in [0.5, 0.6) is 11.5 Å². The molecule has 0 aliphatic carbocycles.